The topological polar surface area (TPSA) is 96.8 Å². The van der Waals surface area contributed by atoms with Crippen molar-refractivity contribution in [3.63, 3.8) is 0 Å². The van der Waals surface area contributed by atoms with Crippen LogP contribution in [0.4, 0.5) is 0 Å². The molecule has 8 heteroatoms. The standard InChI is InChI=1S/C12H16N2O5S/c1-2-19-11-6-5-9(8-13-11)20(17,18)14-7-3-4-10(14)12(15)16/h5-6,8,10H,2-4,7H2,1H3,(H,15,16)/t10-/m1/s1. The minimum absolute atomic E-state index is 0.0193. The summed E-state index contributed by atoms with van der Waals surface area (Å²) in [6, 6.07) is 1.85. The molecule has 0 amide bonds. The Morgan fingerprint density at radius 3 is 2.85 bits per heavy atom. The van der Waals surface area contributed by atoms with Crippen LogP contribution in [0, 0.1) is 0 Å². The molecule has 0 bridgehead atoms. The van der Waals surface area contributed by atoms with Gasteiger partial charge in [-0.3, -0.25) is 4.79 Å². The number of nitrogens with zero attached hydrogens (tertiary/aromatic N) is 2. The molecular formula is C12H16N2O5S. The highest BCUT2D eigenvalue weighted by atomic mass is 32.2. The number of aromatic nitrogens is 1. The van der Waals surface area contributed by atoms with Crippen molar-refractivity contribution in [2.45, 2.75) is 30.7 Å². The molecule has 1 aromatic heterocycles. The monoisotopic (exact) mass is 300 g/mol. The quantitative estimate of drug-likeness (QED) is 0.860. The highest BCUT2D eigenvalue weighted by Gasteiger charge is 2.39. The Labute approximate surface area is 117 Å². The number of rotatable bonds is 5. The molecule has 1 N–H and O–H groups in total. The van der Waals surface area contributed by atoms with Crippen molar-refractivity contribution in [1.82, 2.24) is 9.29 Å². The molecule has 1 atom stereocenters. The van der Waals surface area contributed by atoms with Gasteiger partial charge in [0, 0.05) is 12.6 Å². The summed E-state index contributed by atoms with van der Waals surface area (Å²) in [5.74, 6) is -0.785. The Morgan fingerprint density at radius 2 is 2.30 bits per heavy atom. The molecule has 0 saturated carbocycles. The van der Waals surface area contributed by atoms with Gasteiger partial charge in [0.15, 0.2) is 0 Å². The lowest BCUT2D eigenvalue weighted by Crippen LogP contribution is -2.40. The molecule has 110 valence electrons. The fourth-order valence-corrected chi connectivity index (χ4v) is 3.76. The fourth-order valence-electron chi connectivity index (χ4n) is 2.16. The molecule has 1 aliphatic rings. The highest BCUT2D eigenvalue weighted by Crippen LogP contribution is 2.26. The second-order valence-corrected chi connectivity index (χ2v) is 6.27. The molecule has 0 aliphatic carbocycles. The van der Waals surface area contributed by atoms with Crippen LogP contribution in [0.15, 0.2) is 23.2 Å². The number of hydrogen-bond donors (Lipinski definition) is 1. The summed E-state index contributed by atoms with van der Waals surface area (Å²) in [5.41, 5.74) is 0. The van der Waals surface area contributed by atoms with E-state index in [2.05, 4.69) is 4.98 Å². The Balaban J connectivity index is 2.27. The van der Waals surface area contributed by atoms with Crippen molar-refractivity contribution in [1.29, 1.82) is 0 Å². The SMILES string of the molecule is CCOc1ccc(S(=O)(=O)N2CCC[C@@H]2C(=O)O)cn1. The number of pyridine rings is 1. The number of ether oxygens (including phenoxy) is 1. The second-order valence-electron chi connectivity index (χ2n) is 4.38. The average molecular weight is 300 g/mol. The van der Waals surface area contributed by atoms with Gasteiger partial charge in [-0.1, -0.05) is 0 Å². The maximum Gasteiger partial charge on any atom is 0.322 e. The molecule has 2 heterocycles. The predicted molar refractivity (Wildman–Crippen MR) is 70.0 cm³/mol. The van der Waals surface area contributed by atoms with Crippen molar-refractivity contribution < 1.29 is 23.1 Å². The maximum absolute atomic E-state index is 12.4. The molecule has 0 spiro atoms. The second kappa shape index (κ2) is 5.76. The van der Waals surface area contributed by atoms with Gasteiger partial charge in [-0.25, -0.2) is 13.4 Å². The van der Waals surface area contributed by atoms with Crippen LogP contribution in [0.5, 0.6) is 5.88 Å². The number of hydrogen-bond acceptors (Lipinski definition) is 5. The molecule has 1 fully saturated rings. The smallest absolute Gasteiger partial charge is 0.322 e. The van der Waals surface area contributed by atoms with Crippen LogP contribution in [-0.2, 0) is 14.8 Å². The minimum Gasteiger partial charge on any atom is -0.480 e. The first-order valence-electron chi connectivity index (χ1n) is 6.30. The first-order chi connectivity index (χ1) is 9.46. The molecule has 2 rings (SSSR count). The van der Waals surface area contributed by atoms with Crippen molar-refractivity contribution in [3.8, 4) is 5.88 Å². The molecule has 0 unspecified atom stereocenters. The zero-order valence-electron chi connectivity index (χ0n) is 11.0. The molecule has 20 heavy (non-hydrogen) atoms. The van der Waals surface area contributed by atoms with E-state index in [-0.39, 0.29) is 11.4 Å². The number of carbonyl (C=O) groups is 1. The van der Waals surface area contributed by atoms with Crippen LogP contribution in [0.3, 0.4) is 0 Å². The van der Waals surface area contributed by atoms with Crippen LogP contribution in [0.2, 0.25) is 0 Å². The van der Waals surface area contributed by atoms with Gasteiger partial charge in [-0.15, -0.1) is 0 Å². The minimum atomic E-state index is -3.83. The lowest BCUT2D eigenvalue weighted by molar-refractivity contribution is -0.140. The summed E-state index contributed by atoms with van der Waals surface area (Å²) in [4.78, 5) is 15.0. The number of sulfonamides is 1. The predicted octanol–water partition coefficient (Wildman–Crippen LogP) is 0.718. The zero-order chi connectivity index (χ0) is 14.8. The van der Waals surface area contributed by atoms with Gasteiger partial charge >= 0.3 is 5.97 Å². The van der Waals surface area contributed by atoms with Crippen molar-refractivity contribution in [2.75, 3.05) is 13.2 Å². The third kappa shape index (κ3) is 2.75. The summed E-state index contributed by atoms with van der Waals surface area (Å²) in [6.07, 6.45) is 2.07. The highest BCUT2D eigenvalue weighted by molar-refractivity contribution is 7.89. The van der Waals surface area contributed by atoms with Gasteiger partial charge in [-0.2, -0.15) is 4.31 Å². The molecule has 1 aliphatic heterocycles. The Bertz CT molecular complexity index is 584. The first-order valence-corrected chi connectivity index (χ1v) is 7.74. The van der Waals surface area contributed by atoms with E-state index in [9.17, 15) is 13.2 Å². The van der Waals surface area contributed by atoms with Gasteiger partial charge in [0.05, 0.1) is 12.8 Å². The maximum atomic E-state index is 12.4. The van der Waals surface area contributed by atoms with E-state index in [1.165, 1.54) is 18.3 Å². The van der Waals surface area contributed by atoms with Crippen molar-refractivity contribution in [3.05, 3.63) is 18.3 Å². The zero-order valence-corrected chi connectivity index (χ0v) is 11.8. The van der Waals surface area contributed by atoms with Crippen molar-refractivity contribution >= 4 is 16.0 Å². The van der Waals surface area contributed by atoms with E-state index in [0.717, 1.165) is 4.31 Å². The molecule has 0 radical (unpaired) electrons. The number of carboxylic acid groups (broad SMARTS) is 1. The Morgan fingerprint density at radius 1 is 1.55 bits per heavy atom. The lowest BCUT2D eigenvalue weighted by Gasteiger charge is -2.20. The molecule has 0 aromatic carbocycles. The average Bonchev–Trinajstić information content (AvgIpc) is 2.90. The Kier molecular flexibility index (Phi) is 4.24. The molecular weight excluding hydrogens is 284 g/mol. The molecule has 7 nitrogen and oxygen atoms in total. The van der Waals surface area contributed by atoms with E-state index >= 15 is 0 Å². The first kappa shape index (κ1) is 14.7. The van der Waals surface area contributed by atoms with Crippen LogP contribution >= 0.6 is 0 Å². The lowest BCUT2D eigenvalue weighted by atomic mass is 10.2. The molecule has 1 saturated heterocycles. The third-order valence-electron chi connectivity index (χ3n) is 3.10. The normalized spacial score (nSPS) is 19.9. The van der Waals surface area contributed by atoms with Gasteiger partial charge in [0.25, 0.3) is 0 Å². The van der Waals surface area contributed by atoms with Crippen LogP contribution in [-0.4, -0.2) is 48.0 Å². The number of aliphatic carboxylic acids is 1. The van der Waals surface area contributed by atoms with Gasteiger partial charge in [-0.05, 0) is 25.8 Å². The van der Waals surface area contributed by atoms with Crippen LogP contribution in [0.1, 0.15) is 19.8 Å². The van der Waals surface area contributed by atoms with Gasteiger partial charge < -0.3 is 9.84 Å². The van der Waals surface area contributed by atoms with Crippen LogP contribution in [0.25, 0.3) is 0 Å². The third-order valence-corrected chi connectivity index (χ3v) is 4.99. The van der Waals surface area contributed by atoms with Crippen molar-refractivity contribution in [2.24, 2.45) is 0 Å². The summed E-state index contributed by atoms with van der Waals surface area (Å²) in [7, 11) is -3.83. The van der Waals surface area contributed by atoms with E-state index in [1.54, 1.807) is 6.92 Å². The molecule has 1 aromatic rings. The summed E-state index contributed by atoms with van der Waals surface area (Å²) in [6.45, 7) is 2.45. The van der Waals surface area contributed by atoms with E-state index in [0.29, 0.717) is 25.3 Å². The van der Waals surface area contributed by atoms with E-state index in [4.69, 9.17) is 9.84 Å². The summed E-state index contributed by atoms with van der Waals surface area (Å²) in [5, 5.41) is 9.07. The number of carboxylic acids is 1. The van der Waals surface area contributed by atoms with E-state index < -0.39 is 22.0 Å². The Hall–Kier alpha value is -1.67. The summed E-state index contributed by atoms with van der Waals surface area (Å²) < 4.78 is 31.0. The summed E-state index contributed by atoms with van der Waals surface area (Å²) >= 11 is 0. The van der Waals surface area contributed by atoms with E-state index in [1.807, 2.05) is 0 Å². The van der Waals surface area contributed by atoms with Gasteiger partial charge in [0.2, 0.25) is 15.9 Å². The van der Waals surface area contributed by atoms with Gasteiger partial charge in [0.1, 0.15) is 10.9 Å². The fraction of sp³-hybridized carbons (Fsp3) is 0.500. The largest absolute Gasteiger partial charge is 0.480 e. The van der Waals surface area contributed by atoms with Crippen LogP contribution < -0.4 is 4.74 Å².